The number of hydrogen-bond donors (Lipinski definition) is 1. The second kappa shape index (κ2) is 9.85. The summed E-state index contributed by atoms with van der Waals surface area (Å²) in [5.74, 6) is 1.55. The van der Waals surface area contributed by atoms with Crippen LogP contribution in [0.3, 0.4) is 0 Å². The van der Waals surface area contributed by atoms with Gasteiger partial charge in [0.1, 0.15) is 5.01 Å². The number of guanidine groups is 1. The van der Waals surface area contributed by atoms with Crippen LogP contribution in [-0.4, -0.2) is 62.4 Å². The van der Waals surface area contributed by atoms with Crippen LogP contribution in [0.25, 0.3) is 0 Å². The molecule has 1 saturated heterocycles. The molecular formula is C16H28N4O2S. The molecule has 0 aromatic carbocycles. The number of ether oxygens (including phenoxy) is 2. The van der Waals surface area contributed by atoms with Gasteiger partial charge in [-0.05, 0) is 20.3 Å². The van der Waals surface area contributed by atoms with Gasteiger partial charge in [-0.1, -0.05) is 0 Å². The summed E-state index contributed by atoms with van der Waals surface area (Å²) in [5, 5.41) is 4.46. The summed E-state index contributed by atoms with van der Waals surface area (Å²) in [7, 11) is 1.70. The summed E-state index contributed by atoms with van der Waals surface area (Å²) in [6, 6.07) is 0. The van der Waals surface area contributed by atoms with Crippen LogP contribution in [0.1, 0.15) is 23.2 Å². The van der Waals surface area contributed by atoms with Crippen molar-refractivity contribution in [1.29, 1.82) is 0 Å². The molecule has 1 N–H and O–H groups in total. The van der Waals surface area contributed by atoms with Crippen LogP contribution in [0.2, 0.25) is 0 Å². The van der Waals surface area contributed by atoms with E-state index in [1.165, 1.54) is 4.88 Å². The van der Waals surface area contributed by atoms with Crippen molar-refractivity contribution in [2.75, 3.05) is 46.6 Å². The Bertz CT molecular complexity index is 492. The van der Waals surface area contributed by atoms with Crippen molar-refractivity contribution in [3.63, 3.8) is 0 Å². The van der Waals surface area contributed by atoms with Crippen molar-refractivity contribution in [3.8, 4) is 0 Å². The minimum absolute atomic E-state index is 0.567. The fraction of sp³-hybridized carbons (Fsp3) is 0.750. The zero-order valence-corrected chi connectivity index (χ0v) is 15.2. The lowest BCUT2D eigenvalue weighted by atomic mass is 10.1. The Kier molecular flexibility index (Phi) is 7.78. The molecule has 1 aliphatic heterocycles. The number of nitrogens with one attached hydrogen (secondary N) is 1. The Balaban J connectivity index is 1.83. The molecule has 1 aliphatic rings. The van der Waals surface area contributed by atoms with E-state index in [0.29, 0.717) is 25.7 Å². The van der Waals surface area contributed by atoms with Crippen LogP contribution < -0.4 is 5.32 Å². The van der Waals surface area contributed by atoms with Crippen molar-refractivity contribution < 1.29 is 9.47 Å². The number of aliphatic imine (C=N–C) groups is 1. The summed E-state index contributed by atoms with van der Waals surface area (Å²) < 4.78 is 10.7. The van der Waals surface area contributed by atoms with Crippen LogP contribution in [0.15, 0.2) is 11.2 Å². The third-order valence-electron chi connectivity index (χ3n) is 3.74. The Morgan fingerprint density at radius 1 is 1.52 bits per heavy atom. The maximum Gasteiger partial charge on any atom is 0.194 e. The highest BCUT2D eigenvalue weighted by Crippen LogP contribution is 2.17. The summed E-state index contributed by atoms with van der Waals surface area (Å²) in [5.41, 5.74) is 0. The van der Waals surface area contributed by atoms with E-state index in [0.717, 1.165) is 43.6 Å². The van der Waals surface area contributed by atoms with Gasteiger partial charge in [-0.15, -0.1) is 11.3 Å². The first-order chi connectivity index (χ1) is 11.2. The first-order valence-corrected chi connectivity index (χ1v) is 9.05. The molecule has 1 aromatic rings. The van der Waals surface area contributed by atoms with Crippen molar-refractivity contribution in [1.82, 2.24) is 15.2 Å². The SMILES string of the molecule is CCNC(=NCc1ncc(C)s1)N1CCC(COCCOC)C1. The molecule has 7 heteroatoms. The smallest absolute Gasteiger partial charge is 0.194 e. The highest BCUT2D eigenvalue weighted by molar-refractivity contribution is 7.11. The van der Waals surface area contributed by atoms with E-state index in [1.54, 1.807) is 18.4 Å². The fourth-order valence-corrected chi connectivity index (χ4v) is 3.31. The molecule has 6 nitrogen and oxygen atoms in total. The van der Waals surface area contributed by atoms with E-state index in [2.05, 4.69) is 29.0 Å². The van der Waals surface area contributed by atoms with Gasteiger partial charge in [0.25, 0.3) is 0 Å². The quantitative estimate of drug-likeness (QED) is 0.445. The van der Waals surface area contributed by atoms with Crippen molar-refractivity contribution >= 4 is 17.3 Å². The molecule has 2 rings (SSSR count). The standard InChI is InChI=1S/C16H28N4O2S/c1-4-17-16(19-10-15-18-9-13(2)23-15)20-6-5-14(11-20)12-22-8-7-21-3/h9,14H,4-8,10-12H2,1-3H3,(H,17,19). The van der Waals surface area contributed by atoms with E-state index in [1.807, 2.05) is 6.20 Å². The fourth-order valence-electron chi connectivity index (χ4n) is 2.60. The lowest BCUT2D eigenvalue weighted by Crippen LogP contribution is -2.40. The number of rotatable bonds is 8. The van der Waals surface area contributed by atoms with Crippen LogP contribution in [0.5, 0.6) is 0 Å². The summed E-state index contributed by atoms with van der Waals surface area (Å²) in [4.78, 5) is 12.7. The minimum Gasteiger partial charge on any atom is -0.382 e. The molecule has 0 bridgehead atoms. The van der Waals surface area contributed by atoms with Crippen molar-refractivity contribution in [3.05, 3.63) is 16.1 Å². The molecule has 0 saturated carbocycles. The monoisotopic (exact) mass is 340 g/mol. The Morgan fingerprint density at radius 3 is 3.09 bits per heavy atom. The number of thiazole rings is 1. The maximum absolute atomic E-state index is 5.66. The highest BCUT2D eigenvalue weighted by atomic mass is 32.1. The molecule has 2 heterocycles. The van der Waals surface area contributed by atoms with E-state index in [-0.39, 0.29) is 0 Å². The third kappa shape index (κ3) is 6.08. The van der Waals surface area contributed by atoms with Gasteiger partial charge < -0.3 is 19.7 Å². The van der Waals surface area contributed by atoms with Gasteiger partial charge in [-0.3, -0.25) is 0 Å². The predicted octanol–water partition coefficient (Wildman–Crippen LogP) is 1.90. The van der Waals surface area contributed by atoms with Crippen LogP contribution >= 0.6 is 11.3 Å². The van der Waals surface area contributed by atoms with Crippen LogP contribution in [-0.2, 0) is 16.0 Å². The van der Waals surface area contributed by atoms with Gasteiger partial charge >= 0.3 is 0 Å². The third-order valence-corrected chi connectivity index (χ3v) is 4.64. The van der Waals surface area contributed by atoms with Gasteiger partial charge in [-0.2, -0.15) is 0 Å². The van der Waals surface area contributed by atoms with E-state index in [4.69, 9.17) is 14.5 Å². The average Bonchev–Trinajstić information content (AvgIpc) is 3.17. The Morgan fingerprint density at radius 2 is 2.39 bits per heavy atom. The molecule has 130 valence electrons. The first kappa shape index (κ1) is 18.2. The van der Waals surface area contributed by atoms with Crippen molar-refractivity contribution in [2.45, 2.75) is 26.8 Å². The molecule has 1 fully saturated rings. The molecule has 23 heavy (non-hydrogen) atoms. The number of nitrogens with zero attached hydrogens (tertiary/aromatic N) is 3. The average molecular weight is 340 g/mol. The highest BCUT2D eigenvalue weighted by Gasteiger charge is 2.24. The maximum atomic E-state index is 5.66. The van der Waals surface area contributed by atoms with Gasteiger partial charge in [-0.25, -0.2) is 9.98 Å². The normalized spacial score (nSPS) is 18.7. The zero-order chi connectivity index (χ0) is 16.5. The summed E-state index contributed by atoms with van der Waals surface area (Å²) in [6.07, 6.45) is 3.05. The van der Waals surface area contributed by atoms with Crippen molar-refractivity contribution in [2.24, 2.45) is 10.9 Å². The van der Waals surface area contributed by atoms with Gasteiger partial charge in [0.05, 0.1) is 26.4 Å². The predicted molar refractivity (Wildman–Crippen MR) is 94.0 cm³/mol. The van der Waals surface area contributed by atoms with Gasteiger partial charge in [0.2, 0.25) is 0 Å². The second-order valence-corrected chi connectivity index (χ2v) is 7.02. The van der Waals surface area contributed by atoms with Crippen LogP contribution in [0, 0.1) is 12.8 Å². The minimum atomic E-state index is 0.567. The largest absolute Gasteiger partial charge is 0.382 e. The van der Waals surface area contributed by atoms with E-state index in [9.17, 15) is 0 Å². The number of aryl methyl sites for hydroxylation is 1. The molecule has 1 aromatic heterocycles. The number of aromatic nitrogens is 1. The number of hydrogen-bond acceptors (Lipinski definition) is 5. The number of methoxy groups -OCH3 is 1. The number of likely N-dealkylation sites (tertiary alicyclic amines) is 1. The molecule has 1 unspecified atom stereocenters. The molecule has 0 aliphatic carbocycles. The lowest BCUT2D eigenvalue weighted by Gasteiger charge is -2.21. The first-order valence-electron chi connectivity index (χ1n) is 8.24. The Labute approximate surface area is 142 Å². The summed E-state index contributed by atoms with van der Waals surface area (Å²) >= 11 is 1.71. The molecule has 0 amide bonds. The molecule has 0 radical (unpaired) electrons. The van der Waals surface area contributed by atoms with Gasteiger partial charge in [0, 0.05) is 43.7 Å². The summed E-state index contributed by atoms with van der Waals surface area (Å²) in [6.45, 7) is 9.85. The zero-order valence-electron chi connectivity index (χ0n) is 14.4. The lowest BCUT2D eigenvalue weighted by molar-refractivity contribution is 0.0536. The Hall–Kier alpha value is -1.18. The second-order valence-electron chi connectivity index (χ2n) is 5.70. The van der Waals surface area contributed by atoms with Gasteiger partial charge in [0.15, 0.2) is 5.96 Å². The van der Waals surface area contributed by atoms with Crippen LogP contribution in [0.4, 0.5) is 0 Å². The van der Waals surface area contributed by atoms with E-state index >= 15 is 0 Å². The molecule has 1 atom stereocenters. The topological polar surface area (TPSA) is 59.0 Å². The molecular weight excluding hydrogens is 312 g/mol. The molecule has 0 spiro atoms. The van der Waals surface area contributed by atoms with E-state index < -0.39 is 0 Å².